The van der Waals surface area contributed by atoms with Crippen LogP contribution in [-0.4, -0.2) is 40.9 Å². The van der Waals surface area contributed by atoms with Crippen LogP contribution in [0.25, 0.3) is 0 Å². The summed E-state index contributed by atoms with van der Waals surface area (Å²) in [6, 6.07) is 12.4. The summed E-state index contributed by atoms with van der Waals surface area (Å²) in [4.78, 5) is 2.53. The molecule has 0 aliphatic carbocycles. The van der Waals surface area contributed by atoms with Gasteiger partial charge in [0.1, 0.15) is 6.10 Å². The van der Waals surface area contributed by atoms with E-state index in [1.54, 1.807) is 0 Å². The number of hydrogen-bond donors (Lipinski definition) is 0. The fourth-order valence-corrected chi connectivity index (χ4v) is 3.12. The van der Waals surface area contributed by atoms with Crippen molar-refractivity contribution in [3.8, 4) is 0 Å². The maximum Gasteiger partial charge on any atom is 0.124 e. The first kappa shape index (κ1) is 15.3. The maximum absolute atomic E-state index is 6.23. The third-order valence-electron chi connectivity index (χ3n) is 4.33. The molecular formula is C18H25N3O. The highest BCUT2D eigenvalue weighted by Gasteiger charge is 2.18. The van der Waals surface area contributed by atoms with Crippen molar-refractivity contribution in [2.75, 3.05) is 26.2 Å². The van der Waals surface area contributed by atoms with Gasteiger partial charge in [-0.15, -0.1) is 0 Å². The fourth-order valence-electron chi connectivity index (χ4n) is 3.12. The van der Waals surface area contributed by atoms with E-state index in [4.69, 9.17) is 4.74 Å². The number of aromatic nitrogens is 2. The molecule has 0 saturated carbocycles. The van der Waals surface area contributed by atoms with E-state index in [1.807, 2.05) is 30.1 Å². The number of likely N-dealkylation sites (tertiary alicyclic amines) is 1. The first-order valence-corrected chi connectivity index (χ1v) is 8.21. The predicted molar refractivity (Wildman–Crippen MR) is 87.7 cm³/mol. The van der Waals surface area contributed by atoms with Gasteiger partial charge in [-0.05, 0) is 44.0 Å². The number of hydrogen-bond acceptors (Lipinski definition) is 3. The third-order valence-corrected chi connectivity index (χ3v) is 4.33. The summed E-state index contributed by atoms with van der Waals surface area (Å²) in [7, 11) is 1.97. The molecule has 1 aliphatic heterocycles. The Kier molecular flexibility index (Phi) is 5.24. The molecule has 22 heavy (non-hydrogen) atoms. The normalized spacial score (nSPS) is 17.0. The molecule has 0 amide bonds. The molecule has 2 aromatic rings. The van der Waals surface area contributed by atoms with Crippen LogP contribution in [0.15, 0.2) is 42.6 Å². The molecule has 1 unspecified atom stereocenters. The molecule has 4 heteroatoms. The van der Waals surface area contributed by atoms with Gasteiger partial charge in [0.25, 0.3) is 0 Å². The van der Waals surface area contributed by atoms with Crippen molar-refractivity contribution in [1.82, 2.24) is 14.7 Å². The summed E-state index contributed by atoms with van der Waals surface area (Å²) in [6.07, 6.45) is 5.58. The van der Waals surface area contributed by atoms with Crippen molar-refractivity contribution >= 4 is 0 Å². The second-order valence-electron chi connectivity index (χ2n) is 5.94. The molecular weight excluding hydrogens is 274 g/mol. The second kappa shape index (κ2) is 7.56. The zero-order valence-electron chi connectivity index (χ0n) is 13.3. The lowest BCUT2D eigenvalue weighted by Gasteiger charge is -2.20. The second-order valence-corrected chi connectivity index (χ2v) is 5.94. The Morgan fingerprint density at radius 1 is 1.14 bits per heavy atom. The van der Waals surface area contributed by atoms with Gasteiger partial charge < -0.3 is 9.64 Å². The summed E-state index contributed by atoms with van der Waals surface area (Å²) in [5, 5.41) is 4.28. The highest BCUT2D eigenvalue weighted by molar-refractivity contribution is 5.25. The lowest BCUT2D eigenvalue weighted by atomic mass is 10.1. The van der Waals surface area contributed by atoms with Crippen molar-refractivity contribution in [2.45, 2.75) is 25.4 Å². The molecule has 1 saturated heterocycles. The van der Waals surface area contributed by atoms with Crippen LogP contribution in [0.4, 0.5) is 0 Å². The lowest BCUT2D eigenvalue weighted by molar-refractivity contribution is 0.0680. The van der Waals surface area contributed by atoms with E-state index in [2.05, 4.69) is 34.3 Å². The monoisotopic (exact) mass is 299 g/mol. The van der Waals surface area contributed by atoms with Gasteiger partial charge in [-0.1, -0.05) is 30.3 Å². The van der Waals surface area contributed by atoms with E-state index in [1.165, 1.54) is 31.5 Å². The quantitative estimate of drug-likeness (QED) is 0.736. The lowest BCUT2D eigenvalue weighted by Crippen LogP contribution is -2.22. The molecule has 2 heterocycles. The number of nitrogens with zero attached hydrogens (tertiary/aromatic N) is 3. The van der Waals surface area contributed by atoms with E-state index in [9.17, 15) is 0 Å². The molecule has 0 radical (unpaired) electrons. The zero-order valence-corrected chi connectivity index (χ0v) is 13.3. The average Bonchev–Trinajstić information content (AvgIpc) is 3.20. The number of rotatable bonds is 7. The van der Waals surface area contributed by atoms with Gasteiger partial charge in [0, 0.05) is 26.4 Å². The largest absolute Gasteiger partial charge is 0.367 e. The molecule has 118 valence electrons. The molecule has 1 aliphatic rings. The van der Waals surface area contributed by atoms with Crippen LogP contribution in [0.2, 0.25) is 0 Å². The summed E-state index contributed by atoms with van der Waals surface area (Å²) in [5.74, 6) is 0. The molecule has 1 atom stereocenters. The Hall–Kier alpha value is -1.65. The number of ether oxygens (including phenoxy) is 1. The van der Waals surface area contributed by atoms with Crippen molar-refractivity contribution in [1.29, 1.82) is 0 Å². The molecule has 3 rings (SSSR count). The molecule has 1 aromatic carbocycles. The number of benzene rings is 1. The zero-order chi connectivity index (χ0) is 15.2. The van der Waals surface area contributed by atoms with Crippen LogP contribution in [0, 0.1) is 0 Å². The van der Waals surface area contributed by atoms with Gasteiger partial charge in [-0.3, -0.25) is 4.68 Å². The Labute approximate surface area is 132 Å². The van der Waals surface area contributed by atoms with Crippen LogP contribution in [0.1, 0.15) is 36.6 Å². The van der Waals surface area contributed by atoms with Crippen LogP contribution >= 0.6 is 0 Å². The van der Waals surface area contributed by atoms with E-state index in [-0.39, 0.29) is 6.10 Å². The molecule has 0 N–H and O–H groups in total. The Bertz CT molecular complexity index is 561. The first-order chi connectivity index (χ1) is 10.8. The highest BCUT2D eigenvalue weighted by atomic mass is 16.5. The summed E-state index contributed by atoms with van der Waals surface area (Å²) in [5.41, 5.74) is 2.29. The van der Waals surface area contributed by atoms with Gasteiger partial charge in [0.15, 0.2) is 0 Å². The van der Waals surface area contributed by atoms with E-state index in [0.717, 1.165) is 25.3 Å². The molecule has 1 fully saturated rings. The Morgan fingerprint density at radius 3 is 2.59 bits per heavy atom. The smallest absolute Gasteiger partial charge is 0.124 e. The van der Waals surface area contributed by atoms with Crippen LogP contribution in [-0.2, 0) is 11.8 Å². The first-order valence-electron chi connectivity index (χ1n) is 8.21. The van der Waals surface area contributed by atoms with Crippen LogP contribution in [0.5, 0.6) is 0 Å². The van der Waals surface area contributed by atoms with Gasteiger partial charge in [0.05, 0.1) is 5.69 Å². The minimum absolute atomic E-state index is 0.0349. The van der Waals surface area contributed by atoms with E-state index < -0.39 is 0 Å². The summed E-state index contributed by atoms with van der Waals surface area (Å²) < 4.78 is 8.13. The third kappa shape index (κ3) is 3.76. The Morgan fingerprint density at radius 2 is 1.91 bits per heavy atom. The van der Waals surface area contributed by atoms with Crippen molar-refractivity contribution in [3.63, 3.8) is 0 Å². The SMILES string of the molecule is Cn1nccc1C(OCCCN1CCCC1)c1ccccc1. The minimum Gasteiger partial charge on any atom is -0.367 e. The topological polar surface area (TPSA) is 30.3 Å². The molecule has 0 spiro atoms. The number of aryl methyl sites for hydroxylation is 1. The predicted octanol–water partition coefficient (Wildman–Crippen LogP) is 3.01. The van der Waals surface area contributed by atoms with E-state index in [0.29, 0.717) is 0 Å². The van der Waals surface area contributed by atoms with E-state index >= 15 is 0 Å². The fraction of sp³-hybridized carbons (Fsp3) is 0.500. The molecule has 1 aromatic heterocycles. The van der Waals surface area contributed by atoms with Gasteiger partial charge >= 0.3 is 0 Å². The van der Waals surface area contributed by atoms with Crippen molar-refractivity contribution in [3.05, 3.63) is 53.9 Å². The van der Waals surface area contributed by atoms with Gasteiger partial charge in [0.2, 0.25) is 0 Å². The Balaban J connectivity index is 1.60. The summed E-state index contributed by atoms with van der Waals surface area (Å²) >= 11 is 0. The minimum atomic E-state index is -0.0349. The maximum atomic E-state index is 6.23. The standard InChI is InChI=1S/C18H25N3O/c1-20-17(10-11-19-20)18(16-8-3-2-4-9-16)22-15-7-14-21-12-5-6-13-21/h2-4,8-11,18H,5-7,12-15H2,1H3. The highest BCUT2D eigenvalue weighted by Crippen LogP contribution is 2.25. The van der Waals surface area contributed by atoms with Crippen LogP contribution in [0.3, 0.4) is 0 Å². The molecule has 0 bridgehead atoms. The van der Waals surface area contributed by atoms with Gasteiger partial charge in [-0.25, -0.2) is 0 Å². The van der Waals surface area contributed by atoms with Crippen molar-refractivity contribution in [2.24, 2.45) is 7.05 Å². The average molecular weight is 299 g/mol. The van der Waals surface area contributed by atoms with Crippen LogP contribution < -0.4 is 0 Å². The molecule has 4 nitrogen and oxygen atoms in total. The van der Waals surface area contributed by atoms with Gasteiger partial charge in [-0.2, -0.15) is 5.10 Å². The summed E-state index contributed by atoms with van der Waals surface area (Å²) in [6.45, 7) is 4.43. The van der Waals surface area contributed by atoms with Crippen molar-refractivity contribution < 1.29 is 4.74 Å².